The van der Waals surface area contributed by atoms with Crippen LogP contribution in [0.15, 0.2) is 72.9 Å². The average Bonchev–Trinajstić information content (AvgIpc) is 3.33. The topological polar surface area (TPSA) is 62.2 Å². The van der Waals surface area contributed by atoms with Gasteiger partial charge >= 0.3 is 0 Å². The van der Waals surface area contributed by atoms with Gasteiger partial charge in [0.05, 0.1) is 17.8 Å². The first-order chi connectivity index (χ1) is 16.9. The molecular weight excluding hydrogens is 454 g/mol. The highest BCUT2D eigenvalue weighted by atomic mass is 32.1. The van der Waals surface area contributed by atoms with Gasteiger partial charge in [0.2, 0.25) is 5.91 Å². The Morgan fingerprint density at radius 1 is 1.09 bits per heavy atom. The molecule has 2 N–H and O–H groups in total. The van der Waals surface area contributed by atoms with E-state index in [4.69, 9.17) is 12.2 Å². The maximum absolute atomic E-state index is 13.0. The normalized spacial score (nSPS) is 17.6. The van der Waals surface area contributed by atoms with E-state index in [1.165, 1.54) is 17.0 Å². The predicted octanol–water partition coefficient (Wildman–Crippen LogP) is 5.19. The van der Waals surface area contributed by atoms with E-state index in [0.717, 1.165) is 22.2 Å². The first kappa shape index (κ1) is 23.1. The number of pyridine rings is 1. The smallest absolute Gasteiger partial charge is 0.226 e. The summed E-state index contributed by atoms with van der Waals surface area (Å²) in [6.45, 7) is 4.74. The molecule has 1 amide bonds. The number of carbonyl (C=O) groups is 1. The Labute approximate surface area is 211 Å². The van der Waals surface area contributed by atoms with Gasteiger partial charge in [-0.1, -0.05) is 42.5 Å². The van der Waals surface area contributed by atoms with E-state index in [2.05, 4.69) is 52.0 Å². The monoisotopic (exact) mass is 483 g/mol. The Hall–Kier alpha value is -3.71. The van der Waals surface area contributed by atoms with E-state index >= 15 is 0 Å². The molecule has 35 heavy (non-hydrogen) atoms. The molecule has 0 aliphatic carbocycles. The summed E-state index contributed by atoms with van der Waals surface area (Å²) in [5.41, 5.74) is 5.33. The van der Waals surface area contributed by atoms with Crippen molar-refractivity contribution in [3.8, 4) is 0 Å². The lowest BCUT2D eigenvalue weighted by atomic mass is 9.96. The number of nitrogens with zero attached hydrogens (tertiary/aromatic N) is 3. The Morgan fingerprint density at radius 3 is 2.60 bits per heavy atom. The molecule has 6 nitrogen and oxygen atoms in total. The SMILES string of the molecule is Cc1cc([C@H]2[C@H](c3ccccn3)NC(=S)N2CCC(=O)Nc2cccc3ccccc23)c(C)n1C. The molecule has 2 aromatic heterocycles. The van der Waals surface area contributed by atoms with Crippen LogP contribution >= 0.6 is 12.2 Å². The van der Waals surface area contributed by atoms with E-state index in [-0.39, 0.29) is 18.0 Å². The number of benzene rings is 2. The summed E-state index contributed by atoms with van der Waals surface area (Å²) in [6, 6.07) is 22.0. The molecule has 0 bridgehead atoms. The minimum absolute atomic E-state index is 0.0369. The maximum atomic E-state index is 13.0. The van der Waals surface area contributed by atoms with Crippen molar-refractivity contribution in [3.63, 3.8) is 0 Å². The quantitative estimate of drug-likeness (QED) is 0.370. The molecule has 3 heterocycles. The molecular formula is C28H29N5OS. The summed E-state index contributed by atoms with van der Waals surface area (Å²) in [6.07, 6.45) is 2.13. The van der Waals surface area contributed by atoms with E-state index in [9.17, 15) is 4.79 Å². The molecule has 0 radical (unpaired) electrons. The van der Waals surface area contributed by atoms with Gasteiger partial charge in [-0.15, -0.1) is 0 Å². The van der Waals surface area contributed by atoms with Crippen LogP contribution in [0, 0.1) is 13.8 Å². The molecule has 0 saturated carbocycles. The summed E-state index contributed by atoms with van der Waals surface area (Å²) < 4.78 is 2.19. The number of hydrogen-bond donors (Lipinski definition) is 2. The van der Waals surface area contributed by atoms with Gasteiger partial charge < -0.3 is 20.1 Å². The highest BCUT2D eigenvalue weighted by Gasteiger charge is 2.41. The summed E-state index contributed by atoms with van der Waals surface area (Å²) in [5, 5.41) is 9.35. The molecule has 5 rings (SSSR count). The fraction of sp³-hybridized carbons (Fsp3) is 0.250. The molecule has 1 saturated heterocycles. The molecule has 2 atom stereocenters. The minimum atomic E-state index is -0.0923. The van der Waals surface area contributed by atoms with Gasteiger partial charge in [-0.3, -0.25) is 9.78 Å². The number of amides is 1. The largest absolute Gasteiger partial charge is 0.352 e. The van der Waals surface area contributed by atoms with E-state index in [1.54, 1.807) is 6.20 Å². The van der Waals surface area contributed by atoms with E-state index < -0.39 is 0 Å². The van der Waals surface area contributed by atoms with Gasteiger partial charge in [-0.25, -0.2) is 0 Å². The Kier molecular flexibility index (Phi) is 6.26. The van der Waals surface area contributed by atoms with Crippen molar-refractivity contribution in [1.29, 1.82) is 0 Å². The van der Waals surface area contributed by atoms with Gasteiger partial charge in [0.15, 0.2) is 5.11 Å². The van der Waals surface area contributed by atoms with Gasteiger partial charge in [-0.2, -0.15) is 0 Å². The first-order valence-corrected chi connectivity index (χ1v) is 12.2. The molecule has 1 aliphatic rings. The van der Waals surface area contributed by atoms with Crippen molar-refractivity contribution in [3.05, 3.63) is 95.6 Å². The zero-order chi connectivity index (χ0) is 24.5. The lowest BCUT2D eigenvalue weighted by Crippen LogP contribution is -2.32. The van der Waals surface area contributed by atoms with Crippen LogP contribution in [0.4, 0.5) is 5.69 Å². The van der Waals surface area contributed by atoms with Crippen LogP contribution in [-0.2, 0) is 11.8 Å². The fourth-order valence-electron chi connectivity index (χ4n) is 4.94. The lowest BCUT2D eigenvalue weighted by molar-refractivity contribution is -0.116. The number of anilines is 1. The molecule has 4 aromatic rings. The average molecular weight is 484 g/mol. The maximum Gasteiger partial charge on any atom is 0.226 e. The van der Waals surface area contributed by atoms with Crippen molar-refractivity contribution in [2.75, 3.05) is 11.9 Å². The number of hydrogen-bond acceptors (Lipinski definition) is 3. The molecule has 7 heteroatoms. The number of rotatable bonds is 6. The van der Waals surface area contributed by atoms with Crippen molar-refractivity contribution >= 4 is 39.7 Å². The van der Waals surface area contributed by atoms with Gasteiger partial charge in [-0.05, 0) is 61.3 Å². The second-order valence-electron chi connectivity index (χ2n) is 9.03. The third-order valence-electron chi connectivity index (χ3n) is 6.97. The van der Waals surface area contributed by atoms with E-state index in [1.807, 2.05) is 60.7 Å². The standard InChI is InChI=1S/C28H29N5OS/c1-18-17-22(19(2)32(18)3)27-26(24-12-6-7-15-29-24)31-28(35)33(27)16-14-25(34)30-23-13-8-10-20-9-4-5-11-21(20)23/h4-13,15,17,26-27H,14,16H2,1-3H3,(H,30,34)(H,31,35)/t26-,27-/m0/s1. The number of thiocarbonyl (C=S) groups is 1. The molecule has 1 fully saturated rings. The molecule has 178 valence electrons. The first-order valence-electron chi connectivity index (χ1n) is 11.8. The number of fused-ring (bicyclic) bond motifs is 1. The van der Waals surface area contributed by atoms with Gasteiger partial charge in [0.1, 0.15) is 0 Å². The highest BCUT2D eigenvalue weighted by Crippen LogP contribution is 2.40. The summed E-state index contributed by atoms with van der Waals surface area (Å²) in [7, 11) is 2.08. The van der Waals surface area contributed by atoms with Crippen LogP contribution < -0.4 is 10.6 Å². The number of aromatic nitrogens is 2. The van der Waals surface area contributed by atoms with Crippen LogP contribution in [0.25, 0.3) is 10.8 Å². The van der Waals surface area contributed by atoms with Crippen LogP contribution in [-0.4, -0.2) is 32.0 Å². The van der Waals surface area contributed by atoms with Crippen LogP contribution in [0.5, 0.6) is 0 Å². The molecule has 1 aliphatic heterocycles. The summed E-state index contributed by atoms with van der Waals surface area (Å²) in [5.74, 6) is -0.0369. The van der Waals surface area contributed by atoms with Crippen molar-refractivity contribution in [2.45, 2.75) is 32.4 Å². The Morgan fingerprint density at radius 2 is 1.86 bits per heavy atom. The van der Waals surface area contributed by atoms with Gasteiger partial charge in [0, 0.05) is 48.7 Å². The molecule has 0 spiro atoms. The zero-order valence-electron chi connectivity index (χ0n) is 20.2. The second kappa shape index (κ2) is 9.50. The predicted molar refractivity (Wildman–Crippen MR) is 144 cm³/mol. The van der Waals surface area contributed by atoms with Crippen molar-refractivity contribution in [1.82, 2.24) is 19.8 Å². The third kappa shape index (κ3) is 4.39. The number of aryl methyl sites for hydroxylation is 1. The van der Waals surface area contributed by atoms with Crippen molar-refractivity contribution in [2.24, 2.45) is 7.05 Å². The number of carbonyl (C=O) groups excluding carboxylic acids is 1. The molecule has 2 aromatic carbocycles. The van der Waals surface area contributed by atoms with Crippen LogP contribution in [0.2, 0.25) is 0 Å². The summed E-state index contributed by atoms with van der Waals surface area (Å²) in [4.78, 5) is 19.8. The molecule has 0 unspecified atom stereocenters. The Balaban J connectivity index is 1.39. The van der Waals surface area contributed by atoms with Crippen LogP contribution in [0.3, 0.4) is 0 Å². The summed E-state index contributed by atoms with van der Waals surface area (Å²) >= 11 is 5.77. The highest BCUT2D eigenvalue weighted by molar-refractivity contribution is 7.80. The fourth-order valence-corrected chi connectivity index (χ4v) is 5.27. The van der Waals surface area contributed by atoms with Gasteiger partial charge in [0.25, 0.3) is 0 Å². The van der Waals surface area contributed by atoms with E-state index in [0.29, 0.717) is 18.1 Å². The van der Waals surface area contributed by atoms with Crippen LogP contribution in [0.1, 0.15) is 41.1 Å². The Bertz CT molecular complexity index is 1390. The van der Waals surface area contributed by atoms with Crippen molar-refractivity contribution < 1.29 is 4.79 Å². The zero-order valence-corrected chi connectivity index (χ0v) is 21.0. The lowest BCUT2D eigenvalue weighted by Gasteiger charge is -2.28. The minimum Gasteiger partial charge on any atom is -0.352 e. The second-order valence-corrected chi connectivity index (χ2v) is 9.42. The number of nitrogens with one attached hydrogen (secondary N) is 2. The third-order valence-corrected chi connectivity index (χ3v) is 7.33.